The molecule has 0 saturated carbocycles. The average molecular weight is 240 g/mol. The summed E-state index contributed by atoms with van der Waals surface area (Å²) in [5.41, 5.74) is 9.25. The van der Waals surface area contributed by atoms with Crippen molar-refractivity contribution >= 4 is 5.88 Å². The molecule has 3 rings (SSSR count). The van der Waals surface area contributed by atoms with E-state index in [1.165, 1.54) is 0 Å². The van der Waals surface area contributed by atoms with Crippen molar-refractivity contribution in [2.45, 2.75) is 0 Å². The molecule has 0 aliphatic carbocycles. The third-order valence-corrected chi connectivity index (χ3v) is 2.76. The zero-order chi connectivity index (χ0) is 12.5. The Bertz CT molecular complexity index is 669. The number of nitrogen functional groups attached to an aromatic ring is 1. The van der Waals surface area contributed by atoms with Crippen LogP contribution in [-0.2, 0) is 7.05 Å². The fourth-order valence-corrected chi connectivity index (χ4v) is 1.93. The van der Waals surface area contributed by atoms with Gasteiger partial charge in [-0.15, -0.1) is 0 Å². The predicted molar refractivity (Wildman–Crippen MR) is 68.6 cm³/mol. The highest BCUT2D eigenvalue weighted by molar-refractivity contribution is 5.86. The largest absolute Gasteiger partial charge is 0.367 e. The average Bonchev–Trinajstić information content (AvgIpc) is 2.96. The fraction of sp³-hybridized carbons (Fsp3) is 0.0769. The van der Waals surface area contributed by atoms with Crippen LogP contribution >= 0.6 is 0 Å². The number of nitrogens with zero attached hydrogens (tertiary/aromatic N) is 3. The number of hydrogen-bond donors (Lipinski definition) is 1. The van der Waals surface area contributed by atoms with Crippen LogP contribution < -0.4 is 5.73 Å². The second-order valence-corrected chi connectivity index (χ2v) is 4.04. The summed E-state index contributed by atoms with van der Waals surface area (Å²) in [6, 6.07) is 9.81. The van der Waals surface area contributed by atoms with Crippen molar-refractivity contribution in [2.24, 2.45) is 7.05 Å². The molecule has 2 N–H and O–H groups in total. The Kier molecular flexibility index (Phi) is 2.37. The van der Waals surface area contributed by atoms with E-state index >= 15 is 0 Å². The maximum Gasteiger partial charge on any atom is 0.230 e. The molecule has 5 heteroatoms. The molecular formula is C13H12N4O. The van der Waals surface area contributed by atoms with Gasteiger partial charge in [0.25, 0.3) is 0 Å². The van der Waals surface area contributed by atoms with Crippen molar-refractivity contribution in [1.29, 1.82) is 0 Å². The van der Waals surface area contributed by atoms with E-state index in [-0.39, 0.29) is 0 Å². The highest BCUT2D eigenvalue weighted by Crippen LogP contribution is 2.35. The van der Waals surface area contributed by atoms with Crippen molar-refractivity contribution in [2.75, 3.05) is 5.73 Å². The van der Waals surface area contributed by atoms with E-state index in [4.69, 9.17) is 10.3 Å². The lowest BCUT2D eigenvalue weighted by atomic mass is 10.0. The molecule has 2 heterocycles. The molecule has 0 radical (unpaired) electrons. The summed E-state index contributed by atoms with van der Waals surface area (Å²) < 4.78 is 6.82. The molecule has 0 atom stereocenters. The van der Waals surface area contributed by atoms with Crippen LogP contribution in [0.25, 0.3) is 22.4 Å². The monoisotopic (exact) mass is 240 g/mol. The first kappa shape index (κ1) is 10.6. The number of rotatable bonds is 2. The Morgan fingerprint density at radius 1 is 1.17 bits per heavy atom. The van der Waals surface area contributed by atoms with Crippen LogP contribution in [-0.4, -0.2) is 14.9 Å². The second kappa shape index (κ2) is 4.03. The van der Waals surface area contributed by atoms with E-state index in [1.54, 1.807) is 10.9 Å². The van der Waals surface area contributed by atoms with Crippen LogP contribution in [0.4, 0.5) is 5.88 Å². The van der Waals surface area contributed by atoms with Gasteiger partial charge in [0.05, 0.1) is 11.8 Å². The van der Waals surface area contributed by atoms with Gasteiger partial charge in [0.1, 0.15) is 5.69 Å². The summed E-state index contributed by atoms with van der Waals surface area (Å²) in [5, 5.41) is 8.15. The van der Waals surface area contributed by atoms with Gasteiger partial charge >= 0.3 is 0 Å². The maximum absolute atomic E-state index is 5.86. The highest BCUT2D eigenvalue weighted by Gasteiger charge is 2.17. The summed E-state index contributed by atoms with van der Waals surface area (Å²) in [6.07, 6.45) is 3.62. The molecule has 18 heavy (non-hydrogen) atoms. The zero-order valence-corrected chi connectivity index (χ0v) is 9.87. The Balaban J connectivity index is 2.18. The molecule has 0 unspecified atom stereocenters. The van der Waals surface area contributed by atoms with E-state index in [1.807, 2.05) is 43.6 Å². The molecule has 2 aromatic heterocycles. The molecule has 1 aromatic carbocycles. The Labute approximate surface area is 104 Å². The smallest absolute Gasteiger partial charge is 0.230 e. The van der Waals surface area contributed by atoms with Crippen LogP contribution in [0.15, 0.2) is 47.2 Å². The van der Waals surface area contributed by atoms with Crippen LogP contribution in [0.5, 0.6) is 0 Å². The molecule has 0 aliphatic heterocycles. The van der Waals surface area contributed by atoms with E-state index in [9.17, 15) is 0 Å². The minimum Gasteiger partial charge on any atom is -0.367 e. The van der Waals surface area contributed by atoms with Gasteiger partial charge in [-0.05, 0) is 5.56 Å². The van der Waals surface area contributed by atoms with Gasteiger partial charge in [-0.25, -0.2) is 0 Å². The van der Waals surface area contributed by atoms with Crippen LogP contribution in [0.3, 0.4) is 0 Å². The second-order valence-electron chi connectivity index (χ2n) is 4.04. The van der Waals surface area contributed by atoms with Gasteiger partial charge in [-0.3, -0.25) is 4.68 Å². The third kappa shape index (κ3) is 1.66. The first-order chi connectivity index (χ1) is 8.75. The number of hydrogen-bond acceptors (Lipinski definition) is 4. The normalized spacial score (nSPS) is 10.7. The molecule has 90 valence electrons. The number of aryl methyl sites for hydroxylation is 1. The number of aromatic nitrogens is 3. The number of nitrogens with two attached hydrogens (primary N) is 1. The summed E-state index contributed by atoms with van der Waals surface area (Å²) in [4.78, 5) is 0. The van der Waals surface area contributed by atoms with Crippen molar-refractivity contribution < 1.29 is 4.52 Å². The van der Waals surface area contributed by atoms with Crippen molar-refractivity contribution in [3.05, 3.63) is 42.7 Å². The van der Waals surface area contributed by atoms with Crippen LogP contribution in [0, 0.1) is 0 Å². The maximum atomic E-state index is 5.86. The molecule has 0 fully saturated rings. The Morgan fingerprint density at radius 3 is 2.61 bits per heavy atom. The van der Waals surface area contributed by atoms with E-state index < -0.39 is 0 Å². The van der Waals surface area contributed by atoms with Crippen LogP contribution in [0.1, 0.15) is 0 Å². The molecule has 0 spiro atoms. The lowest BCUT2D eigenvalue weighted by Gasteiger charge is -2.00. The third-order valence-electron chi connectivity index (χ3n) is 2.76. The number of benzene rings is 1. The predicted octanol–water partition coefficient (Wildman–Crippen LogP) is 2.32. The summed E-state index contributed by atoms with van der Waals surface area (Å²) in [7, 11) is 1.86. The van der Waals surface area contributed by atoms with Gasteiger partial charge in [0.15, 0.2) is 0 Å². The minimum atomic E-state index is 0.319. The molecule has 3 aromatic rings. The minimum absolute atomic E-state index is 0.319. The zero-order valence-electron chi connectivity index (χ0n) is 9.87. The van der Waals surface area contributed by atoms with E-state index in [0.717, 1.165) is 16.7 Å². The Hall–Kier alpha value is -2.56. The molecular weight excluding hydrogens is 228 g/mol. The van der Waals surface area contributed by atoms with Gasteiger partial charge in [-0.1, -0.05) is 35.5 Å². The fourth-order valence-electron chi connectivity index (χ4n) is 1.93. The van der Waals surface area contributed by atoms with E-state index in [2.05, 4.69) is 10.3 Å². The first-order valence-corrected chi connectivity index (χ1v) is 5.55. The molecule has 5 nitrogen and oxygen atoms in total. The lowest BCUT2D eigenvalue weighted by Crippen LogP contribution is -1.87. The Morgan fingerprint density at radius 2 is 1.94 bits per heavy atom. The summed E-state index contributed by atoms with van der Waals surface area (Å²) >= 11 is 0. The van der Waals surface area contributed by atoms with Crippen molar-refractivity contribution in [1.82, 2.24) is 14.9 Å². The SMILES string of the molecule is Cn1cc(-c2noc(N)c2-c2ccccc2)cn1. The lowest BCUT2D eigenvalue weighted by molar-refractivity contribution is 0.439. The number of anilines is 1. The first-order valence-electron chi connectivity index (χ1n) is 5.55. The standard InChI is InChI=1S/C13H12N4O/c1-17-8-10(7-15-17)12-11(13(14)18-16-12)9-5-3-2-4-6-9/h2-8H,14H2,1H3. The molecule has 0 amide bonds. The summed E-state index contributed by atoms with van der Waals surface area (Å²) in [6.45, 7) is 0. The van der Waals surface area contributed by atoms with Crippen molar-refractivity contribution in [3.8, 4) is 22.4 Å². The molecule has 0 bridgehead atoms. The summed E-state index contributed by atoms with van der Waals surface area (Å²) in [5.74, 6) is 0.319. The van der Waals surface area contributed by atoms with Gasteiger partial charge in [0.2, 0.25) is 5.88 Å². The highest BCUT2D eigenvalue weighted by atomic mass is 16.5. The molecule has 0 saturated heterocycles. The van der Waals surface area contributed by atoms with Crippen LogP contribution in [0.2, 0.25) is 0 Å². The van der Waals surface area contributed by atoms with E-state index in [0.29, 0.717) is 11.6 Å². The molecule has 0 aliphatic rings. The topological polar surface area (TPSA) is 69.9 Å². The quantitative estimate of drug-likeness (QED) is 0.746. The van der Waals surface area contributed by atoms with Gasteiger partial charge < -0.3 is 10.3 Å². The van der Waals surface area contributed by atoms with Gasteiger partial charge in [-0.2, -0.15) is 5.10 Å². The van der Waals surface area contributed by atoms with Crippen molar-refractivity contribution in [3.63, 3.8) is 0 Å². The van der Waals surface area contributed by atoms with Gasteiger partial charge in [0, 0.05) is 18.8 Å².